The third-order valence-corrected chi connectivity index (χ3v) is 4.78. The maximum absolute atomic E-state index is 11.6. The number of pyridine rings is 1. The van der Waals surface area contributed by atoms with E-state index in [0.717, 1.165) is 47.3 Å². The zero-order valence-corrected chi connectivity index (χ0v) is 14.9. The second kappa shape index (κ2) is 7.33. The molecule has 0 bridgehead atoms. The van der Waals surface area contributed by atoms with E-state index in [-0.39, 0.29) is 12.1 Å². The number of H-pyrrole nitrogens is 1. The molecular weight excluding hydrogens is 332 g/mol. The van der Waals surface area contributed by atoms with Gasteiger partial charge in [-0.3, -0.25) is 0 Å². The molecule has 8 heteroatoms. The van der Waals surface area contributed by atoms with Crippen LogP contribution in [0.5, 0.6) is 0 Å². The predicted octanol–water partition coefficient (Wildman–Crippen LogP) is 2.13. The first kappa shape index (κ1) is 16.8. The number of aromatic amines is 1. The van der Waals surface area contributed by atoms with Crippen molar-refractivity contribution < 1.29 is 9.53 Å². The van der Waals surface area contributed by atoms with Crippen molar-refractivity contribution in [3.63, 3.8) is 0 Å². The first-order valence-corrected chi connectivity index (χ1v) is 9.20. The molecule has 0 aromatic carbocycles. The van der Waals surface area contributed by atoms with Crippen molar-refractivity contribution in [2.45, 2.75) is 32.2 Å². The van der Waals surface area contributed by atoms with Gasteiger partial charge < -0.3 is 24.9 Å². The largest absolute Gasteiger partial charge is 0.379 e. The topological polar surface area (TPSA) is 96.9 Å². The highest BCUT2D eigenvalue weighted by atomic mass is 16.5. The molecule has 138 valence electrons. The number of fused-ring (bicyclic) bond motifs is 3. The van der Waals surface area contributed by atoms with E-state index in [0.29, 0.717) is 26.1 Å². The summed E-state index contributed by atoms with van der Waals surface area (Å²) in [6, 6.07) is 2.16. The number of carbonyl (C=O) groups excluding carboxylic acids is 1. The first-order chi connectivity index (χ1) is 12.8. The van der Waals surface area contributed by atoms with Gasteiger partial charge in [-0.15, -0.1) is 0 Å². The molecule has 1 atom stereocenters. The summed E-state index contributed by atoms with van der Waals surface area (Å²) >= 11 is 0. The van der Waals surface area contributed by atoms with E-state index in [9.17, 15) is 4.79 Å². The van der Waals surface area contributed by atoms with Crippen LogP contribution < -0.4 is 10.6 Å². The van der Waals surface area contributed by atoms with Crippen LogP contribution in [0.4, 0.5) is 4.79 Å². The monoisotopic (exact) mass is 356 g/mol. The van der Waals surface area contributed by atoms with Gasteiger partial charge in [0.25, 0.3) is 0 Å². The number of ether oxygens (including phenoxy) is 1. The summed E-state index contributed by atoms with van der Waals surface area (Å²) < 4.78 is 8.02. The molecule has 0 saturated carbocycles. The standard InChI is InChI=1S/C18H24N6O2/c1-2-19-18(25)21-8-6-15-23-14-10-22-17-13(5-7-20-17)16(14)24(15)12-4-3-9-26-11-12/h5,7,10,12H,2-4,6,8-9,11H2,1H3,(H,20,22)(H2,19,21,25)/t12-/m0/s1. The lowest BCUT2D eigenvalue weighted by atomic mass is 10.1. The first-order valence-electron chi connectivity index (χ1n) is 9.20. The molecule has 26 heavy (non-hydrogen) atoms. The molecule has 3 aromatic heterocycles. The number of carbonyl (C=O) groups is 1. The number of hydrogen-bond donors (Lipinski definition) is 3. The van der Waals surface area contributed by atoms with Gasteiger partial charge in [0.15, 0.2) is 0 Å². The van der Waals surface area contributed by atoms with Gasteiger partial charge in [0.1, 0.15) is 17.0 Å². The highest BCUT2D eigenvalue weighted by molar-refractivity contribution is 6.01. The quantitative estimate of drug-likeness (QED) is 0.652. The van der Waals surface area contributed by atoms with Gasteiger partial charge in [-0.2, -0.15) is 0 Å². The number of imidazole rings is 1. The minimum atomic E-state index is -0.147. The fraction of sp³-hybridized carbons (Fsp3) is 0.500. The number of amides is 2. The molecule has 8 nitrogen and oxygen atoms in total. The summed E-state index contributed by atoms with van der Waals surface area (Å²) in [6.45, 7) is 4.55. The number of nitrogens with one attached hydrogen (secondary N) is 3. The molecule has 1 saturated heterocycles. The molecule has 1 aliphatic rings. The average molecular weight is 356 g/mol. The number of aromatic nitrogens is 4. The van der Waals surface area contributed by atoms with Gasteiger partial charge in [-0.1, -0.05) is 0 Å². The van der Waals surface area contributed by atoms with E-state index in [1.165, 1.54) is 0 Å². The molecule has 3 N–H and O–H groups in total. The summed E-state index contributed by atoms with van der Waals surface area (Å²) in [4.78, 5) is 24.1. The summed E-state index contributed by atoms with van der Waals surface area (Å²) in [5, 5.41) is 6.70. The van der Waals surface area contributed by atoms with E-state index < -0.39 is 0 Å². The second-order valence-corrected chi connectivity index (χ2v) is 6.54. The van der Waals surface area contributed by atoms with Gasteiger partial charge in [-0.05, 0) is 25.8 Å². The summed E-state index contributed by atoms with van der Waals surface area (Å²) in [7, 11) is 0. The Balaban J connectivity index is 1.70. The van der Waals surface area contributed by atoms with Crippen molar-refractivity contribution in [3.05, 3.63) is 24.3 Å². The Hall–Kier alpha value is -2.61. The maximum Gasteiger partial charge on any atom is 0.314 e. The summed E-state index contributed by atoms with van der Waals surface area (Å²) in [5.74, 6) is 0.961. The second-order valence-electron chi connectivity index (χ2n) is 6.54. The smallest absolute Gasteiger partial charge is 0.314 e. The van der Waals surface area contributed by atoms with E-state index in [1.54, 1.807) is 0 Å². The van der Waals surface area contributed by atoms with Crippen LogP contribution >= 0.6 is 0 Å². The van der Waals surface area contributed by atoms with Crippen molar-refractivity contribution in [2.75, 3.05) is 26.3 Å². The highest BCUT2D eigenvalue weighted by Crippen LogP contribution is 2.30. The molecule has 1 fully saturated rings. The van der Waals surface area contributed by atoms with Crippen molar-refractivity contribution >= 4 is 28.1 Å². The average Bonchev–Trinajstić information content (AvgIpc) is 3.26. The molecular formula is C18H24N6O2. The minimum Gasteiger partial charge on any atom is -0.379 e. The molecule has 4 rings (SSSR count). The van der Waals surface area contributed by atoms with Gasteiger partial charge in [0.05, 0.1) is 24.4 Å². The summed E-state index contributed by atoms with van der Waals surface area (Å²) in [6.07, 6.45) is 6.49. The predicted molar refractivity (Wildman–Crippen MR) is 99.3 cm³/mol. The zero-order chi connectivity index (χ0) is 17.9. The lowest BCUT2D eigenvalue weighted by Gasteiger charge is -2.26. The van der Waals surface area contributed by atoms with Crippen LogP contribution in [0.1, 0.15) is 31.6 Å². The van der Waals surface area contributed by atoms with Crippen molar-refractivity contribution in [1.29, 1.82) is 0 Å². The number of nitrogens with zero attached hydrogens (tertiary/aromatic N) is 3. The number of urea groups is 1. The van der Waals surface area contributed by atoms with Crippen molar-refractivity contribution in [2.24, 2.45) is 0 Å². The van der Waals surface area contributed by atoms with Gasteiger partial charge in [0.2, 0.25) is 0 Å². The van der Waals surface area contributed by atoms with Crippen LogP contribution in [0.2, 0.25) is 0 Å². The fourth-order valence-corrected chi connectivity index (χ4v) is 3.65. The number of hydrogen-bond acceptors (Lipinski definition) is 4. The Morgan fingerprint density at radius 1 is 1.46 bits per heavy atom. The molecule has 0 spiro atoms. The summed E-state index contributed by atoms with van der Waals surface area (Å²) in [5.41, 5.74) is 2.85. The van der Waals surface area contributed by atoms with Gasteiger partial charge >= 0.3 is 6.03 Å². The molecule has 4 heterocycles. The van der Waals surface area contributed by atoms with Crippen LogP contribution in [0.15, 0.2) is 18.5 Å². The molecule has 0 radical (unpaired) electrons. The lowest BCUT2D eigenvalue weighted by molar-refractivity contribution is 0.0596. The van der Waals surface area contributed by atoms with Crippen LogP contribution in [0, 0.1) is 0 Å². The Kier molecular flexibility index (Phi) is 4.75. The van der Waals surface area contributed by atoms with Crippen molar-refractivity contribution in [1.82, 2.24) is 30.2 Å². The molecule has 3 aromatic rings. The van der Waals surface area contributed by atoms with Crippen molar-refractivity contribution in [3.8, 4) is 0 Å². The molecule has 1 aliphatic heterocycles. The normalized spacial score (nSPS) is 17.7. The van der Waals surface area contributed by atoms with E-state index in [2.05, 4.69) is 25.2 Å². The minimum absolute atomic E-state index is 0.147. The highest BCUT2D eigenvalue weighted by Gasteiger charge is 2.23. The van der Waals surface area contributed by atoms with Gasteiger partial charge in [-0.25, -0.2) is 14.8 Å². The number of rotatable bonds is 5. The third-order valence-electron chi connectivity index (χ3n) is 4.78. The third kappa shape index (κ3) is 3.12. The van der Waals surface area contributed by atoms with Crippen LogP contribution in [-0.2, 0) is 11.2 Å². The van der Waals surface area contributed by atoms with E-state index in [4.69, 9.17) is 9.72 Å². The van der Waals surface area contributed by atoms with E-state index in [1.807, 2.05) is 25.4 Å². The SMILES string of the molecule is CCNC(=O)NCCc1nc2cnc3[nH]ccc3c2n1[C@H]1CCCOC1. The lowest BCUT2D eigenvalue weighted by Crippen LogP contribution is -2.36. The maximum atomic E-state index is 11.6. The molecule has 2 amide bonds. The van der Waals surface area contributed by atoms with Crippen LogP contribution in [-0.4, -0.2) is 51.9 Å². The Bertz CT molecular complexity index is 909. The van der Waals surface area contributed by atoms with Gasteiger partial charge in [0, 0.05) is 37.7 Å². The van der Waals surface area contributed by atoms with Crippen LogP contribution in [0.3, 0.4) is 0 Å². The fourth-order valence-electron chi connectivity index (χ4n) is 3.65. The Morgan fingerprint density at radius 3 is 3.19 bits per heavy atom. The molecule has 0 aliphatic carbocycles. The Labute approximate surface area is 151 Å². The zero-order valence-electron chi connectivity index (χ0n) is 14.9. The Morgan fingerprint density at radius 2 is 2.38 bits per heavy atom. The molecule has 0 unspecified atom stereocenters. The van der Waals surface area contributed by atoms with E-state index >= 15 is 0 Å². The van der Waals surface area contributed by atoms with Crippen LogP contribution in [0.25, 0.3) is 22.1 Å².